The number of aliphatic imine (C=N–C) groups is 1. The molecular weight excluding hydrogens is 423 g/mol. The van der Waals surface area contributed by atoms with Crippen LogP contribution >= 0.6 is 18.0 Å². The average Bonchev–Trinajstić information content (AvgIpc) is 3.38. The zero-order chi connectivity index (χ0) is 20.0. The van der Waals surface area contributed by atoms with E-state index < -0.39 is 6.42 Å². The highest BCUT2D eigenvalue weighted by atomic mass is 35.5. The number of para-hydroxylation sites is 1. The molecule has 8 heteroatoms. The van der Waals surface area contributed by atoms with Crippen LogP contribution in [0.3, 0.4) is 0 Å². The summed E-state index contributed by atoms with van der Waals surface area (Å²) >= 11 is 12.4. The summed E-state index contributed by atoms with van der Waals surface area (Å²) in [6.45, 7) is 3.89. The zero-order valence-corrected chi connectivity index (χ0v) is 18.4. The van der Waals surface area contributed by atoms with E-state index in [9.17, 15) is 0 Å². The molecular formula is C21H20ClN4OPS. The molecule has 0 radical (unpaired) electrons. The molecule has 1 fully saturated rings. The Bertz CT molecular complexity index is 1140. The number of fused-ring (bicyclic) bond motifs is 1. The van der Waals surface area contributed by atoms with Crippen molar-refractivity contribution >= 4 is 46.8 Å². The molecule has 3 aromatic rings. The van der Waals surface area contributed by atoms with E-state index in [2.05, 4.69) is 4.67 Å². The van der Waals surface area contributed by atoms with Crippen molar-refractivity contribution in [3.05, 3.63) is 70.9 Å². The molecule has 5 nitrogen and oxygen atoms in total. The predicted octanol–water partition coefficient (Wildman–Crippen LogP) is 4.97. The Morgan fingerprint density at radius 2 is 1.72 bits per heavy atom. The number of aromatic nitrogens is 2. The Hall–Kier alpha value is -1.98. The first-order valence-electron chi connectivity index (χ1n) is 9.61. The predicted molar refractivity (Wildman–Crippen MR) is 122 cm³/mol. The SMILES string of the molecule is Cc1nn(-c2ccccc2)c2c1P(=S)(N1CCCC1)OC(c1ccc(Cl)cc1)=N2. The lowest BCUT2D eigenvalue weighted by Crippen LogP contribution is -2.30. The highest BCUT2D eigenvalue weighted by Crippen LogP contribution is 2.57. The van der Waals surface area contributed by atoms with Gasteiger partial charge < -0.3 is 4.52 Å². The molecule has 2 aromatic carbocycles. The molecule has 2 aliphatic heterocycles. The molecule has 29 heavy (non-hydrogen) atoms. The first kappa shape index (κ1) is 19.0. The summed E-state index contributed by atoms with van der Waals surface area (Å²) in [4.78, 5) is 4.90. The summed E-state index contributed by atoms with van der Waals surface area (Å²) in [6.07, 6.45) is -0.232. The van der Waals surface area contributed by atoms with Gasteiger partial charge in [0.25, 0.3) is 0 Å². The number of halogens is 1. The highest BCUT2D eigenvalue weighted by molar-refractivity contribution is 8.15. The van der Waals surface area contributed by atoms with E-state index in [0.717, 1.165) is 54.0 Å². The third-order valence-corrected chi connectivity index (χ3v) is 9.62. The fraction of sp³-hybridized carbons (Fsp3) is 0.238. The smallest absolute Gasteiger partial charge is 0.227 e. The molecule has 0 spiro atoms. The van der Waals surface area contributed by atoms with E-state index in [1.807, 2.05) is 66.2 Å². The van der Waals surface area contributed by atoms with Gasteiger partial charge in [0.2, 0.25) is 12.3 Å². The number of hydrogen-bond donors (Lipinski definition) is 0. The summed E-state index contributed by atoms with van der Waals surface area (Å²) in [6, 6.07) is 17.6. The van der Waals surface area contributed by atoms with Crippen LogP contribution < -0.4 is 5.30 Å². The number of nitrogens with zero attached hydrogens (tertiary/aromatic N) is 4. The first-order chi connectivity index (χ1) is 14.1. The average molecular weight is 443 g/mol. The van der Waals surface area contributed by atoms with Crippen LogP contribution in [0.15, 0.2) is 59.6 Å². The topological polar surface area (TPSA) is 42.7 Å². The lowest BCUT2D eigenvalue weighted by molar-refractivity contribution is 0.482. The Labute approximate surface area is 180 Å². The van der Waals surface area contributed by atoms with Crippen LogP contribution in [0.1, 0.15) is 24.1 Å². The fourth-order valence-corrected chi connectivity index (χ4v) is 7.84. The Balaban J connectivity index is 1.73. The fourth-order valence-electron chi connectivity index (χ4n) is 3.84. The van der Waals surface area contributed by atoms with Crippen molar-refractivity contribution in [2.45, 2.75) is 19.8 Å². The molecule has 1 unspecified atom stereocenters. The number of hydrogen-bond acceptors (Lipinski definition) is 4. The van der Waals surface area contributed by atoms with E-state index in [-0.39, 0.29) is 0 Å². The molecule has 0 N–H and O–H groups in total. The molecule has 1 atom stereocenters. The Morgan fingerprint density at radius 3 is 2.41 bits per heavy atom. The molecule has 2 aliphatic rings. The zero-order valence-electron chi connectivity index (χ0n) is 16.0. The van der Waals surface area contributed by atoms with E-state index in [0.29, 0.717) is 10.9 Å². The maximum atomic E-state index is 6.55. The Morgan fingerprint density at radius 1 is 1.03 bits per heavy atom. The van der Waals surface area contributed by atoms with Crippen LogP contribution in [0.25, 0.3) is 5.69 Å². The summed E-state index contributed by atoms with van der Waals surface area (Å²) in [5.41, 5.74) is 2.71. The van der Waals surface area contributed by atoms with Crippen LogP contribution in [-0.4, -0.2) is 33.4 Å². The standard InChI is InChI=1S/C21H20ClN4OPS/c1-15-19-20(26(24-15)18-7-3-2-4-8-18)23-21(16-9-11-17(22)12-10-16)27-28(19,29)25-13-5-6-14-25/h2-4,7-12H,5-6,13-14H2,1H3. The Kier molecular flexibility index (Phi) is 4.83. The van der Waals surface area contributed by atoms with Crippen LogP contribution in [0.5, 0.6) is 0 Å². The van der Waals surface area contributed by atoms with Gasteiger partial charge in [-0.15, -0.1) is 0 Å². The van der Waals surface area contributed by atoms with Crippen molar-refractivity contribution < 1.29 is 4.52 Å². The number of rotatable bonds is 3. The van der Waals surface area contributed by atoms with Crippen molar-refractivity contribution in [2.75, 3.05) is 13.1 Å². The lowest BCUT2D eigenvalue weighted by atomic mass is 10.2. The van der Waals surface area contributed by atoms with Gasteiger partial charge in [-0.25, -0.2) is 9.35 Å². The van der Waals surface area contributed by atoms with Crippen molar-refractivity contribution in [3.63, 3.8) is 0 Å². The third-order valence-electron chi connectivity index (χ3n) is 5.25. The van der Waals surface area contributed by atoms with E-state index in [1.165, 1.54) is 0 Å². The van der Waals surface area contributed by atoms with E-state index >= 15 is 0 Å². The van der Waals surface area contributed by atoms with Gasteiger partial charge in [-0.2, -0.15) is 10.1 Å². The highest BCUT2D eigenvalue weighted by Gasteiger charge is 2.42. The first-order valence-corrected chi connectivity index (χ1v) is 12.7. The van der Waals surface area contributed by atoms with Gasteiger partial charge in [-0.1, -0.05) is 29.8 Å². The maximum Gasteiger partial charge on any atom is 0.227 e. The molecule has 5 rings (SSSR count). The molecule has 0 aliphatic carbocycles. The molecule has 0 amide bonds. The van der Waals surface area contributed by atoms with Gasteiger partial charge in [0, 0.05) is 23.7 Å². The van der Waals surface area contributed by atoms with E-state index in [1.54, 1.807) is 0 Å². The number of aryl methyl sites for hydroxylation is 1. The van der Waals surface area contributed by atoms with Gasteiger partial charge in [-0.3, -0.25) is 0 Å². The monoisotopic (exact) mass is 442 g/mol. The van der Waals surface area contributed by atoms with Crippen molar-refractivity contribution in [1.82, 2.24) is 14.5 Å². The summed E-state index contributed by atoms with van der Waals surface area (Å²) in [5, 5.41) is 6.46. The third kappa shape index (κ3) is 3.24. The van der Waals surface area contributed by atoms with Crippen molar-refractivity contribution in [3.8, 4) is 5.69 Å². The summed E-state index contributed by atoms with van der Waals surface area (Å²) < 4.78 is 10.8. The largest absolute Gasteiger partial charge is 0.431 e. The minimum absolute atomic E-state index is 0.543. The van der Waals surface area contributed by atoms with Crippen LogP contribution in [0, 0.1) is 6.92 Å². The molecule has 1 aromatic heterocycles. The molecule has 3 heterocycles. The molecule has 0 saturated carbocycles. The molecule has 0 bridgehead atoms. The van der Waals surface area contributed by atoms with Gasteiger partial charge in [0.05, 0.1) is 11.4 Å². The molecule has 1 saturated heterocycles. The van der Waals surface area contributed by atoms with Gasteiger partial charge in [0.1, 0.15) is 5.30 Å². The normalized spacial score (nSPS) is 21.5. The van der Waals surface area contributed by atoms with Crippen LogP contribution in [-0.2, 0) is 16.3 Å². The maximum absolute atomic E-state index is 6.55. The van der Waals surface area contributed by atoms with E-state index in [4.69, 9.17) is 38.0 Å². The lowest BCUT2D eigenvalue weighted by Gasteiger charge is -2.34. The van der Waals surface area contributed by atoms with Crippen molar-refractivity contribution in [1.29, 1.82) is 0 Å². The van der Waals surface area contributed by atoms with Crippen molar-refractivity contribution in [2.24, 2.45) is 4.99 Å². The summed E-state index contributed by atoms with van der Waals surface area (Å²) in [7, 11) is 0. The van der Waals surface area contributed by atoms with Crippen LogP contribution in [0.2, 0.25) is 5.02 Å². The van der Waals surface area contributed by atoms with Gasteiger partial charge in [0.15, 0.2) is 5.82 Å². The quantitative estimate of drug-likeness (QED) is 0.537. The second-order valence-electron chi connectivity index (χ2n) is 7.20. The van der Waals surface area contributed by atoms with Crippen LogP contribution in [0.4, 0.5) is 5.82 Å². The molecule has 148 valence electrons. The van der Waals surface area contributed by atoms with Gasteiger partial charge >= 0.3 is 0 Å². The second-order valence-corrected chi connectivity index (χ2v) is 11.4. The summed E-state index contributed by atoms with van der Waals surface area (Å²) in [5.74, 6) is 1.32. The minimum atomic E-state index is -2.50. The number of benzene rings is 2. The van der Waals surface area contributed by atoms with Gasteiger partial charge in [-0.05, 0) is 68.0 Å². The second kappa shape index (κ2) is 7.37. The minimum Gasteiger partial charge on any atom is -0.431 e.